The van der Waals surface area contributed by atoms with E-state index < -0.39 is 0 Å². The van der Waals surface area contributed by atoms with Crippen molar-refractivity contribution in [1.82, 2.24) is 19.5 Å². The van der Waals surface area contributed by atoms with Gasteiger partial charge in [-0.2, -0.15) is 0 Å². The van der Waals surface area contributed by atoms with Gasteiger partial charge in [-0.3, -0.25) is 4.98 Å². The monoisotopic (exact) mass is 474 g/mol. The van der Waals surface area contributed by atoms with Crippen molar-refractivity contribution in [3.8, 4) is 39.7 Å². The summed E-state index contributed by atoms with van der Waals surface area (Å²) in [5.74, 6) is 0.677. The normalized spacial score (nSPS) is 11.2. The van der Waals surface area contributed by atoms with Crippen LogP contribution in [0.2, 0.25) is 0 Å². The Kier molecular flexibility index (Phi) is 5.07. The second kappa shape index (κ2) is 8.85. The lowest BCUT2D eigenvalue weighted by atomic mass is 10.1. The van der Waals surface area contributed by atoms with Gasteiger partial charge in [0.15, 0.2) is 5.82 Å². The van der Waals surface area contributed by atoms with Gasteiger partial charge in [-0.15, -0.1) is 0 Å². The van der Waals surface area contributed by atoms with E-state index in [1.807, 2.05) is 42.5 Å². The standard InChI is InChI=1S/C33H22N4/c1-2-10-23(11-3-1)29-22-30(28-14-8-9-21-34-28)36-33(35-29)24-17-19-25(20-18-24)37-31-15-6-4-12-26(31)27-13-5-7-16-32(27)37/h1-22H. The Bertz CT molecular complexity index is 1740. The Labute approximate surface area is 214 Å². The number of hydrogen-bond donors (Lipinski definition) is 0. The van der Waals surface area contributed by atoms with Crippen molar-refractivity contribution in [2.45, 2.75) is 0 Å². The van der Waals surface area contributed by atoms with Gasteiger partial charge in [-0.05, 0) is 54.6 Å². The van der Waals surface area contributed by atoms with Gasteiger partial charge < -0.3 is 4.57 Å². The van der Waals surface area contributed by atoms with E-state index in [9.17, 15) is 0 Å². The zero-order valence-corrected chi connectivity index (χ0v) is 20.0. The van der Waals surface area contributed by atoms with E-state index in [2.05, 4.69) is 94.5 Å². The molecule has 0 aliphatic rings. The maximum absolute atomic E-state index is 4.95. The molecule has 174 valence electrons. The van der Waals surface area contributed by atoms with Crippen LogP contribution in [-0.4, -0.2) is 19.5 Å². The van der Waals surface area contributed by atoms with E-state index in [1.165, 1.54) is 21.8 Å². The minimum atomic E-state index is 0.677. The molecule has 7 rings (SSSR count). The number of aromatic nitrogens is 4. The van der Waals surface area contributed by atoms with E-state index >= 15 is 0 Å². The van der Waals surface area contributed by atoms with Crippen LogP contribution >= 0.6 is 0 Å². The molecular formula is C33H22N4. The second-order valence-corrected chi connectivity index (χ2v) is 8.96. The fraction of sp³-hybridized carbons (Fsp3) is 0. The maximum atomic E-state index is 4.95. The molecular weight excluding hydrogens is 452 g/mol. The molecule has 0 amide bonds. The first-order valence-electron chi connectivity index (χ1n) is 12.3. The van der Waals surface area contributed by atoms with Crippen LogP contribution in [0.1, 0.15) is 0 Å². The third-order valence-electron chi connectivity index (χ3n) is 6.69. The molecule has 3 heterocycles. The summed E-state index contributed by atoms with van der Waals surface area (Å²) in [4.78, 5) is 14.4. The SMILES string of the molecule is c1ccc(-c2cc(-c3ccccn3)nc(-c3ccc(-n4c5ccccc5c5ccccc54)cc3)n2)cc1. The van der Waals surface area contributed by atoms with Gasteiger partial charge in [0.25, 0.3) is 0 Å². The molecule has 0 saturated heterocycles. The van der Waals surface area contributed by atoms with E-state index in [0.717, 1.165) is 33.9 Å². The van der Waals surface area contributed by atoms with Crippen molar-refractivity contribution in [3.63, 3.8) is 0 Å². The van der Waals surface area contributed by atoms with Gasteiger partial charge in [-0.1, -0.05) is 72.8 Å². The minimum absolute atomic E-state index is 0.677. The quantitative estimate of drug-likeness (QED) is 0.260. The number of pyridine rings is 1. The van der Waals surface area contributed by atoms with Gasteiger partial charge in [0, 0.05) is 33.8 Å². The highest BCUT2D eigenvalue weighted by atomic mass is 15.0. The molecule has 0 unspecified atom stereocenters. The fourth-order valence-corrected chi connectivity index (χ4v) is 4.94. The molecule has 4 nitrogen and oxygen atoms in total. The summed E-state index contributed by atoms with van der Waals surface area (Å²) in [6.07, 6.45) is 1.79. The Morgan fingerprint density at radius 3 is 1.76 bits per heavy atom. The molecule has 37 heavy (non-hydrogen) atoms. The molecule has 0 radical (unpaired) electrons. The summed E-state index contributed by atoms with van der Waals surface area (Å²) in [5.41, 5.74) is 7.99. The molecule has 0 fully saturated rings. The van der Waals surface area contributed by atoms with Crippen LogP contribution in [-0.2, 0) is 0 Å². The van der Waals surface area contributed by atoms with Crippen LogP contribution in [0.15, 0.2) is 134 Å². The number of fused-ring (bicyclic) bond motifs is 3. The number of para-hydroxylation sites is 2. The Morgan fingerprint density at radius 1 is 0.459 bits per heavy atom. The van der Waals surface area contributed by atoms with Gasteiger partial charge in [0.05, 0.1) is 28.1 Å². The number of nitrogens with zero attached hydrogens (tertiary/aromatic N) is 4. The van der Waals surface area contributed by atoms with Crippen LogP contribution in [0.3, 0.4) is 0 Å². The molecule has 4 aromatic carbocycles. The number of rotatable bonds is 4. The van der Waals surface area contributed by atoms with E-state index in [1.54, 1.807) is 6.20 Å². The molecule has 0 saturated carbocycles. The fourth-order valence-electron chi connectivity index (χ4n) is 4.94. The summed E-state index contributed by atoms with van der Waals surface area (Å²) in [5, 5.41) is 2.50. The topological polar surface area (TPSA) is 43.6 Å². The van der Waals surface area contributed by atoms with Gasteiger partial charge in [0.2, 0.25) is 0 Å². The van der Waals surface area contributed by atoms with Crippen molar-refractivity contribution in [1.29, 1.82) is 0 Å². The average molecular weight is 475 g/mol. The number of hydrogen-bond acceptors (Lipinski definition) is 3. The van der Waals surface area contributed by atoms with E-state index in [0.29, 0.717) is 5.82 Å². The third kappa shape index (κ3) is 3.76. The highest BCUT2D eigenvalue weighted by Crippen LogP contribution is 2.33. The highest BCUT2D eigenvalue weighted by molar-refractivity contribution is 6.09. The first-order valence-corrected chi connectivity index (χ1v) is 12.3. The molecule has 4 heteroatoms. The lowest BCUT2D eigenvalue weighted by Gasteiger charge is -2.11. The summed E-state index contributed by atoms with van der Waals surface area (Å²) >= 11 is 0. The van der Waals surface area contributed by atoms with Crippen molar-refractivity contribution < 1.29 is 0 Å². The van der Waals surface area contributed by atoms with Crippen LogP contribution in [0.5, 0.6) is 0 Å². The maximum Gasteiger partial charge on any atom is 0.160 e. The van der Waals surface area contributed by atoms with Crippen molar-refractivity contribution in [2.24, 2.45) is 0 Å². The Morgan fingerprint density at radius 2 is 1.08 bits per heavy atom. The predicted octanol–water partition coefficient (Wildman–Crippen LogP) is 7.97. The predicted molar refractivity (Wildman–Crippen MR) is 150 cm³/mol. The zero-order chi connectivity index (χ0) is 24.6. The van der Waals surface area contributed by atoms with Crippen molar-refractivity contribution >= 4 is 21.8 Å². The van der Waals surface area contributed by atoms with Crippen LogP contribution in [0.4, 0.5) is 0 Å². The zero-order valence-electron chi connectivity index (χ0n) is 20.0. The van der Waals surface area contributed by atoms with Crippen molar-refractivity contribution in [3.05, 3.63) is 134 Å². The summed E-state index contributed by atoms with van der Waals surface area (Å²) in [7, 11) is 0. The first kappa shape index (κ1) is 21.2. The molecule has 3 aromatic heterocycles. The lowest BCUT2D eigenvalue weighted by molar-refractivity contribution is 1.15. The molecule has 0 spiro atoms. The molecule has 0 bridgehead atoms. The van der Waals surface area contributed by atoms with Crippen LogP contribution < -0.4 is 0 Å². The highest BCUT2D eigenvalue weighted by Gasteiger charge is 2.14. The molecule has 0 aliphatic carbocycles. The van der Waals surface area contributed by atoms with E-state index in [4.69, 9.17) is 9.97 Å². The van der Waals surface area contributed by atoms with Gasteiger partial charge in [-0.25, -0.2) is 9.97 Å². The lowest BCUT2D eigenvalue weighted by Crippen LogP contribution is -1.98. The molecule has 0 N–H and O–H groups in total. The largest absolute Gasteiger partial charge is 0.309 e. The second-order valence-electron chi connectivity index (χ2n) is 8.96. The van der Waals surface area contributed by atoms with Crippen molar-refractivity contribution in [2.75, 3.05) is 0 Å². The van der Waals surface area contributed by atoms with E-state index in [-0.39, 0.29) is 0 Å². The van der Waals surface area contributed by atoms with Crippen LogP contribution in [0.25, 0.3) is 61.5 Å². The summed E-state index contributed by atoms with van der Waals surface area (Å²) in [6.45, 7) is 0. The Hall–Kier alpha value is -5.09. The first-order chi connectivity index (χ1) is 18.3. The number of benzene rings is 4. The van der Waals surface area contributed by atoms with Gasteiger partial charge >= 0.3 is 0 Å². The van der Waals surface area contributed by atoms with Gasteiger partial charge in [0.1, 0.15) is 0 Å². The molecule has 0 aliphatic heterocycles. The van der Waals surface area contributed by atoms with Crippen LogP contribution in [0, 0.1) is 0 Å². The Balaban J connectivity index is 1.37. The molecule has 0 atom stereocenters. The summed E-state index contributed by atoms with van der Waals surface area (Å²) < 4.78 is 2.31. The molecule has 7 aromatic rings. The summed E-state index contributed by atoms with van der Waals surface area (Å²) in [6, 6.07) is 43.7. The average Bonchev–Trinajstić information content (AvgIpc) is 3.32. The smallest absolute Gasteiger partial charge is 0.160 e. The minimum Gasteiger partial charge on any atom is -0.309 e. The third-order valence-corrected chi connectivity index (χ3v) is 6.69.